The molecule has 0 amide bonds. The van der Waals surface area contributed by atoms with Gasteiger partial charge in [0.05, 0.1) is 7.11 Å². The molecule has 0 bridgehead atoms. The molecule has 5 nitrogen and oxygen atoms in total. The van der Waals surface area contributed by atoms with Crippen LogP contribution in [0.4, 0.5) is 0 Å². The van der Waals surface area contributed by atoms with Crippen LogP contribution in [-0.4, -0.2) is 60.2 Å². The molecule has 2 atom stereocenters. The predicted molar refractivity (Wildman–Crippen MR) is 81.7 cm³/mol. The highest BCUT2D eigenvalue weighted by molar-refractivity contribution is 5.72. The lowest BCUT2D eigenvalue weighted by atomic mass is 10.1. The summed E-state index contributed by atoms with van der Waals surface area (Å²) in [7, 11) is 1.68. The zero-order chi connectivity index (χ0) is 15.4. The van der Waals surface area contributed by atoms with Crippen molar-refractivity contribution in [3.8, 4) is 5.75 Å². The Morgan fingerprint density at radius 1 is 1.19 bits per heavy atom. The molecule has 0 spiro atoms. The number of hydrogen-bond donors (Lipinski definition) is 1. The fraction of sp³-hybridized carbons (Fsp3) is 0.562. The van der Waals surface area contributed by atoms with E-state index >= 15 is 0 Å². The number of rotatable bonds is 5. The molecule has 0 unspecified atom stereocenters. The summed E-state index contributed by atoms with van der Waals surface area (Å²) in [5.74, 6) is 0.127. The summed E-state index contributed by atoms with van der Waals surface area (Å²) >= 11 is 0. The summed E-state index contributed by atoms with van der Waals surface area (Å²) in [6.45, 7) is 7.30. The van der Waals surface area contributed by atoms with Crippen LogP contribution >= 0.6 is 0 Å². The minimum absolute atomic E-state index is 0.308. The van der Waals surface area contributed by atoms with E-state index in [1.54, 1.807) is 14.0 Å². The molecule has 1 saturated heterocycles. The van der Waals surface area contributed by atoms with Crippen LogP contribution in [0.5, 0.6) is 5.75 Å². The van der Waals surface area contributed by atoms with Crippen molar-refractivity contribution in [2.45, 2.75) is 25.9 Å². The second-order valence-corrected chi connectivity index (χ2v) is 5.54. The number of methoxy groups -OCH3 is 1. The molecule has 1 aliphatic rings. The van der Waals surface area contributed by atoms with Gasteiger partial charge in [-0.05, 0) is 31.5 Å². The fourth-order valence-corrected chi connectivity index (χ4v) is 2.78. The van der Waals surface area contributed by atoms with E-state index in [9.17, 15) is 4.79 Å². The van der Waals surface area contributed by atoms with E-state index in [0.29, 0.717) is 6.04 Å². The zero-order valence-corrected chi connectivity index (χ0v) is 13.0. The first kappa shape index (κ1) is 15.8. The average molecular weight is 292 g/mol. The van der Waals surface area contributed by atoms with Crippen molar-refractivity contribution in [3.05, 3.63) is 29.8 Å². The topological polar surface area (TPSA) is 53.0 Å². The molecule has 21 heavy (non-hydrogen) atoms. The summed E-state index contributed by atoms with van der Waals surface area (Å²) in [5, 5.41) is 9.08. The first-order valence-corrected chi connectivity index (χ1v) is 7.37. The van der Waals surface area contributed by atoms with Crippen molar-refractivity contribution in [3.63, 3.8) is 0 Å². The number of nitrogens with zero attached hydrogens (tertiary/aromatic N) is 2. The second-order valence-electron chi connectivity index (χ2n) is 5.54. The van der Waals surface area contributed by atoms with E-state index in [4.69, 9.17) is 9.84 Å². The van der Waals surface area contributed by atoms with Gasteiger partial charge in [-0.3, -0.25) is 14.6 Å². The summed E-state index contributed by atoms with van der Waals surface area (Å²) in [4.78, 5) is 15.5. The number of carboxylic acid groups (broad SMARTS) is 1. The Kier molecular flexibility index (Phi) is 5.20. The standard InChI is InChI=1S/C16H24N2O3/c1-12(14-5-4-6-15(11-14)21-3)17-7-9-18(10-8-17)13(2)16(19)20/h4-6,11-13H,7-10H2,1-3H3,(H,19,20)/t12-,13-/m1/s1. The molecule has 2 rings (SSSR count). The molecule has 0 aromatic heterocycles. The van der Waals surface area contributed by atoms with E-state index in [1.807, 2.05) is 17.0 Å². The number of aliphatic carboxylic acids is 1. The molecule has 1 aromatic carbocycles. The van der Waals surface area contributed by atoms with Gasteiger partial charge >= 0.3 is 5.97 Å². The van der Waals surface area contributed by atoms with Gasteiger partial charge < -0.3 is 9.84 Å². The molecule has 1 fully saturated rings. The lowest BCUT2D eigenvalue weighted by molar-refractivity contribution is -0.143. The molecule has 0 aliphatic carbocycles. The van der Waals surface area contributed by atoms with Crippen LogP contribution in [0.1, 0.15) is 25.5 Å². The molecule has 1 heterocycles. The Balaban J connectivity index is 1.96. The first-order chi connectivity index (χ1) is 10.0. The molecular weight excluding hydrogens is 268 g/mol. The van der Waals surface area contributed by atoms with Gasteiger partial charge in [-0.15, -0.1) is 0 Å². The number of piperazine rings is 1. The summed E-state index contributed by atoms with van der Waals surface area (Å²) in [5.41, 5.74) is 1.23. The fourth-order valence-electron chi connectivity index (χ4n) is 2.78. The summed E-state index contributed by atoms with van der Waals surface area (Å²) in [6, 6.07) is 8.04. The maximum Gasteiger partial charge on any atom is 0.320 e. The van der Waals surface area contributed by atoms with Crippen molar-refractivity contribution in [1.82, 2.24) is 9.80 Å². The Bertz CT molecular complexity index is 484. The van der Waals surface area contributed by atoms with Gasteiger partial charge in [0.2, 0.25) is 0 Å². The zero-order valence-electron chi connectivity index (χ0n) is 13.0. The Morgan fingerprint density at radius 3 is 2.38 bits per heavy atom. The van der Waals surface area contributed by atoms with E-state index in [-0.39, 0.29) is 0 Å². The average Bonchev–Trinajstić information content (AvgIpc) is 2.53. The molecule has 0 radical (unpaired) electrons. The van der Waals surface area contributed by atoms with E-state index < -0.39 is 12.0 Å². The molecule has 0 saturated carbocycles. The lowest BCUT2D eigenvalue weighted by Crippen LogP contribution is -2.52. The minimum atomic E-state index is -0.746. The normalized spacial score (nSPS) is 20.0. The van der Waals surface area contributed by atoms with Crippen LogP contribution in [0, 0.1) is 0 Å². The molecule has 1 aromatic rings. The van der Waals surface area contributed by atoms with Crippen LogP contribution in [0.3, 0.4) is 0 Å². The predicted octanol–water partition coefficient (Wildman–Crippen LogP) is 1.85. The van der Waals surface area contributed by atoms with Gasteiger partial charge in [-0.2, -0.15) is 0 Å². The quantitative estimate of drug-likeness (QED) is 0.897. The molecule has 1 N–H and O–H groups in total. The van der Waals surface area contributed by atoms with Gasteiger partial charge in [0.25, 0.3) is 0 Å². The van der Waals surface area contributed by atoms with Gasteiger partial charge in [0.15, 0.2) is 0 Å². The highest BCUT2D eigenvalue weighted by atomic mass is 16.5. The smallest absolute Gasteiger partial charge is 0.320 e. The maximum atomic E-state index is 11.0. The SMILES string of the molecule is COc1cccc([C@@H](C)N2CCN([C@H](C)C(=O)O)CC2)c1. The van der Waals surface area contributed by atoms with Gasteiger partial charge in [-0.25, -0.2) is 0 Å². The molecule has 5 heteroatoms. The third-order valence-electron chi connectivity index (χ3n) is 4.38. The van der Waals surface area contributed by atoms with E-state index in [1.165, 1.54) is 5.56 Å². The number of ether oxygens (including phenoxy) is 1. The second kappa shape index (κ2) is 6.91. The number of benzene rings is 1. The van der Waals surface area contributed by atoms with Crippen LogP contribution in [0.25, 0.3) is 0 Å². The van der Waals surface area contributed by atoms with Crippen LogP contribution in [0.15, 0.2) is 24.3 Å². The summed E-state index contributed by atoms with van der Waals surface area (Å²) < 4.78 is 5.28. The van der Waals surface area contributed by atoms with Crippen molar-refractivity contribution in [2.24, 2.45) is 0 Å². The van der Waals surface area contributed by atoms with Crippen molar-refractivity contribution in [1.29, 1.82) is 0 Å². The molecule has 116 valence electrons. The highest BCUT2D eigenvalue weighted by Gasteiger charge is 2.27. The first-order valence-electron chi connectivity index (χ1n) is 7.37. The van der Waals surface area contributed by atoms with Gasteiger partial charge in [-0.1, -0.05) is 12.1 Å². The maximum absolute atomic E-state index is 11.0. The minimum Gasteiger partial charge on any atom is -0.497 e. The monoisotopic (exact) mass is 292 g/mol. The van der Waals surface area contributed by atoms with Crippen molar-refractivity contribution < 1.29 is 14.6 Å². The number of hydrogen-bond acceptors (Lipinski definition) is 4. The number of carbonyl (C=O) groups is 1. The molecular formula is C16H24N2O3. The van der Waals surface area contributed by atoms with Crippen LogP contribution < -0.4 is 4.74 Å². The van der Waals surface area contributed by atoms with Gasteiger partial charge in [0, 0.05) is 32.2 Å². The summed E-state index contributed by atoms with van der Waals surface area (Å²) in [6.07, 6.45) is 0. The Labute approximate surface area is 126 Å². The van der Waals surface area contributed by atoms with Crippen molar-refractivity contribution in [2.75, 3.05) is 33.3 Å². The Morgan fingerprint density at radius 2 is 1.81 bits per heavy atom. The third kappa shape index (κ3) is 3.74. The molecule has 1 aliphatic heterocycles. The van der Waals surface area contributed by atoms with E-state index in [2.05, 4.69) is 24.0 Å². The van der Waals surface area contributed by atoms with Crippen molar-refractivity contribution >= 4 is 5.97 Å². The third-order valence-corrected chi connectivity index (χ3v) is 4.38. The van der Waals surface area contributed by atoms with Crippen LogP contribution in [-0.2, 0) is 4.79 Å². The van der Waals surface area contributed by atoms with Gasteiger partial charge in [0.1, 0.15) is 11.8 Å². The highest BCUT2D eigenvalue weighted by Crippen LogP contribution is 2.25. The van der Waals surface area contributed by atoms with E-state index in [0.717, 1.165) is 31.9 Å². The van der Waals surface area contributed by atoms with Crippen LogP contribution in [0.2, 0.25) is 0 Å². The number of carboxylic acids is 1. The Hall–Kier alpha value is -1.59. The lowest BCUT2D eigenvalue weighted by Gasteiger charge is -2.39. The largest absolute Gasteiger partial charge is 0.497 e.